The van der Waals surface area contributed by atoms with Crippen LogP contribution in [0.3, 0.4) is 0 Å². The number of aliphatic hydroxyl groups excluding tert-OH is 1. The molecule has 0 aliphatic carbocycles. The van der Waals surface area contributed by atoms with E-state index in [0.29, 0.717) is 19.8 Å². The Labute approximate surface area is 114 Å². The van der Waals surface area contributed by atoms with Crippen molar-refractivity contribution in [3.8, 4) is 0 Å². The predicted octanol–water partition coefficient (Wildman–Crippen LogP) is 1.05. The van der Waals surface area contributed by atoms with Gasteiger partial charge in [0.15, 0.2) is 0 Å². The van der Waals surface area contributed by atoms with Crippen LogP contribution in [0.2, 0.25) is 0 Å². The Kier molecular flexibility index (Phi) is 9.61. The van der Waals surface area contributed by atoms with Gasteiger partial charge in [-0.3, -0.25) is 0 Å². The Balaban J connectivity index is 1.84. The molecule has 0 saturated carbocycles. The third-order valence-corrected chi connectivity index (χ3v) is 3.64. The molecule has 0 aromatic heterocycles. The molecule has 106 valence electrons. The number of aliphatic hydroxyl groups is 1. The molecule has 1 aliphatic heterocycles. The highest BCUT2D eigenvalue weighted by Crippen LogP contribution is 2.11. The maximum Gasteiger partial charge on any atom is 0.0897 e. The Bertz CT molecular complexity index is 210. The average molecular weight is 275 g/mol. The summed E-state index contributed by atoms with van der Waals surface area (Å²) in [6, 6.07) is 0. The fraction of sp³-hybridized carbons (Fsp3) is 0.846. The van der Waals surface area contributed by atoms with Gasteiger partial charge in [0.1, 0.15) is 0 Å². The zero-order chi connectivity index (χ0) is 13.1. The van der Waals surface area contributed by atoms with E-state index in [0.717, 1.165) is 37.5 Å². The summed E-state index contributed by atoms with van der Waals surface area (Å²) in [5, 5.41) is 12.9. The minimum Gasteiger partial charge on any atom is -0.389 e. The molecule has 1 fully saturated rings. The Hall–Kier alpha value is -0.0700. The van der Waals surface area contributed by atoms with E-state index in [1.165, 1.54) is 0 Å². The summed E-state index contributed by atoms with van der Waals surface area (Å²) in [7, 11) is 0. The van der Waals surface area contributed by atoms with E-state index in [-0.39, 0.29) is 6.10 Å². The van der Waals surface area contributed by atoms with Crippen LogP contribution in [0, 0.1) is 0 Å². The second-order valence-electron chi connectivity index (χ2n) is 4.39. The molecule has 0 aromatic carbocycles. The van der Waals surface area contributed by atoms with Gasteiger partial charge in [-0.05, 0) is 12.8 Å². The molecule has 1 heterocycles. The Morgan fingerprint density at radius 3 is 3.22 bits per heavy atom. The zero-order valence-corrected chi connectivity index (χ0v) is 11.8. The predicted molar refractivity (Wildman–Crippen MR) is 76.2 cm³/mol. The molecule has 0 aromatic rings. The van der Waals surface area contributed by atoms with Crippen LogP contribution in [-0.2, 0) is 9.47 Å². The monoisotopic (exact) mass is 275 g/mol. The Morgan fingerprint density at radius 1 is 1.61 bits per heavy atom. The summed E-state index contributed by atoms with van der Waals surface area (Å²) in [6.45, 7) is 6.99. The normalized spacial score (nSPS) is 21.1. The van der Waals surface area contributed by atoms with Gasteiger partial charge < -0.3 is 19.9 Å². The van der Waals surface area contributed by atoms with Crippen LogP contribution < -0.4 is 5.32 Å². The topological polar surface area (TPSA) is 50.7 Å². The van der Waals surface area contributed by atoms with E-state index >= 15 is 0 Å². The smallest absolute Gasteiger partial charge is 0.0897 e. The second kappa shape index (κ2) is 10.8. The minimum absolute atomic E-state index is 0.237. The van der Waals surface area contributed by atoms with Crippen LogP contribution in [0.5, 0.6) is 0 Å². The SMILES string of the molecule is C=CCSCCNCC(O)COCC1CCCO1. The molecular formula is C13H25NO3S. The van der Waals surface area contributed by atoms with Crippen LogP contribution in [0.1, 0.15) is 12.8 Å². The van der Waals surface area contributed by atoms with Gasteiger partial charge >= 0.3 is 0 Å². The van der Waals surface area contributed by atoms with Gasteiger partial charge in [0.25, 0.3) is 0 Å². The largest absolute Gasteiger partial charge is 0.389 e. The van der Waals surface area contributed by atoms with Crippen LogP contribution in [0.25, 0.3) is 0 Å². The standard InChI is InChI=1S/C13H25NO3S/c1-2-7-18-8-5-14-9-12(15)10-16-11-13-4-3-6-17-13/h2,12-15H,1,3-11H2. The number of hydrogen-bond donors (Lipinski definition) is 2. The van der Waals surface area contributed by atoms with Gasteiger partial charge in [-0.25, -0.2) is 0 Å². The molecule has 1 aliphatic rings. The van der Waals surface area contributed by atoms with Crippen molar-refractivity contribution >= 4 is 11.8 Å². The van der Waals surface area contributed by atoms with E-state index in [1.807, 2.05) is 17.8 Å². The summed E-state index contributed by atoms with van der Waals surface area (Å²) in [5.41, 5.74) is 0. The van der Waals surface area contributed by atoms with Crippen molar-refractivity contribution in [2.24, 2.45) is 0 Å². The van der Waals surface area contributed by atoms with E-state index in [9.17, 15) is 5.11 Å². The van der Waals surface area contributed by atoms with Gasteiger partial charge in [0.05, 0.1) is 25.4 Å². The van der Waals surface area contributed by atoms with Crippen molar-refractivity contribution < 1.29 is 14.6 Å². The second-order valence-corrected chi connectivity index (χ2v) is 5.54. The molecule has 0 amide bonds. The number of hydrogen-bond acceptors (Lipinski definition) is 5. The summed E-state index contributed by atoms with van der Waals surface area (Å²) >= 11 is 1.83. The number of rotatable bonds is 11. The molecule has 5 heteroatoms. The lowest BCUT2D eigenvalue weighted by atomic mass is 10.2. The van der Waals surface area contributed by atoms with E-state index in [1.54, 1.807) is 0 Å². The quantitative estimate of drug-likeness (QED) is 0.436. The zero-order valence-electron chi connectivity index (χ0n) is 11.0. The van der Waals surface area contributed by atoms with Gasteiger partial charge in [-0.15, -0.1) is 6.58 Å². The maximum absolute atomic E-state index is 9.67. The van der Waals surface area contributed by atoms with Gasteiger partial charge in [-0.2, -0.15) is 11.8 Å². The van der Waals surface area contributed by atoms with Crippen molar-refractivity contribution in [1.82, 2.24) is 5.32 Å². The first kappa shape index (κ1) is 16.0. The maximum atomic E-state index is 9.67. The molecule has 18 heavy (non-hydrogen) atoms. The van der Waals surface area contributed by atoms with E-state index in [4.69, 9.17) is 9.47 Å². The van der Waals surface area contributed by atoms with E-state index in [2.05, 4.69) is 11.9 Å². The first-order valence-electron chi connectivity index (χ1n) is 6.59. The van der Waals surface area contributed by atoms with Crippen molar-refractivity contribution in [3.63, 3.8) is 0 Å². The molecule has 1 rings (SSSR count). The molecule has 4 nitrogen and oxygen atoms in total. The van der Waals surface area contributed by atoms with Crippen molar-refractivity contribution in [3.05, 3.63) is 12.7 Å². The summed E-state index contributed by atoms with van der Waals surface area (Å²) in [4.78, 5) is 0. The lowest BCUT2D eigenvalue weighted by Crippen LogP contribution is -2.32. The number of nitrogens with one attached hydrogen (secondary N) is 1. The van der Waals surface area contributed by atoms with Crippen LogP contribution in [0.15, 0.2) is 12.7 Å². The minimum atomic E-state index is -0.434. The fourth-order valence-electron chi connectivity index (χ4n) is 1.75. The highest BCUT2D eigenvalue weighted by Gasteiger charge is 2.15. The molecule has 2 N–H and O–H groups in total. The molecule has 0 bridgehead atoms. The first-order valence-corrected chi connectivity index (χ1v) is 7.75. The third-order valence-electron chi connectivity index (χ3n) is 2.68. The first-order chi connectivity index (χ1) is 8.83. The van der Waals surface area contributed by atoms with Gasteiger partial charge in [0, 0.05) is 31.2 Å². The van der Waals surface area contributed by atoms with Crippen molar-refractivity contribution in [2.45, 2.75) is 25.0 Å². The molecular weight excluding hydrogens is 250 g/mol. The van der Waals surface area contributed by atoms with Gasteiger partial charge in [0.2, 0.25) is 0 Å². The molecule has 2 atom stereocenters. The summed E-state index contributed by atoms with van der Waals surface area (Å²) < 4.78 is 10.9. The summed E-state index contributed by atoms with van der Waals surface area (Å²) in [5.74, 6) is 2.02. The molecule has 0 radical (unpaired) electrons. The average Bonchev–Trinajstić information content (AvgIpc) is 2.87. The highest BCUT2D eigenvalue weighted by molar-refractivity contribution is 7.99. The van der Waals surface area contributed by atoms with Crippen LogP contribution in [0.4, 0.5) is 0 Å². The Morgan fingerprint density at radius 2 is 2.50 bits per heavy atom. The molecule has 2 unspecified atom stereocenters. The number of ether oxygens (including phenoxy) is 2. The fourth-order valence-corrected chi connectivity index (χ4v) is 2.37. The van der Waals surface area contributed by atoms with Crippen molar-refractivity contribution in [1.29, 1.82) is 0 Å². The van der Waals surface area contributed by atoms with Crippen LogP contribution >= 0.6 is 11.8 Å². The van der Waals surface area contributed by atoms with E-state index < -0.39 is 6.10 Å². The number of thioether (sulfide) groups is 1. The van der Waals surface area contributed by atoms with Crippen LogP contribution in [-0.4, -0.2) is 61.7 Å². The summed E-state index contributed by atoms with van der Waals surface area (Å²) in [6.07, 6.45) is 3.91. The third kappa shape index (κ3) is 8.11. The lowest BCUT2D eigenvalue weighted by molar-refractivity contribution is -0.0162. The highest BCUT2D eigenvalue weighted by atomic mass is 32.2. The van der Waals surface area contributed by atoms with Gasteiger partial charge in [-0.1, -0.05) is 6.08 Å². The lowest BCUT2D eigenvalue weighted by Gasteiger charge is -2.14. The molecule has 0 spiro atoms. The molecule has 1 saturated heterocycles. The van der Waals surface area contributed by atoms with Crippen molar-refractivity contribution in [2.75, 3.05) is 44.4 Å².